The lowest BCUT2D eigenvalue weighted by Gasteiger charge is -2.10. The fourth-order valence-corrected chi connectivity index (χ4v) is 4.08. The van der Waals surface area contributed by atoms with Gasteiger partial charge in [0, 0.05) is 29.4 Å². The zero-order chi connectivity index (χ0) is 17.1. The van der Waals surface area contributed by atoms with Gasteiger partial charge in [-0.3, -0.25) is 8.78 Å². The maximum atomic E-state index is 12.2. The summed E-state index contributed by atoms with van der Waals surface area (Å²) in [5.74, 6) is 1.44. The van der Waals surface area contributed by atoms with Crippen molar-refractivity contribution < 1.29 is 4.21 Å². The number of nitrogens with zero attached hydrogens (tertiary/aromatic N) is 2. The van der Waals surface area contributed by atoms with Crippen molar-refractivity contribution in [2.45, 2.75) is 25.2 Å². The van der Waals surface area contributed by atoms with Gasteiger partial charge in [0.15, 0.2) is 0 Å². The summed E-state index contributed by atoms with van der Waals surface area (Å²) in [6.45, 7) is 4.08. The number of aryl methyl sites for hydroxylation is 1. The average Bonchev–Trinajstić information content (AvgIpc) is 3.05. The molecule has 5 heteroatoms. The molecule has 0 aliphatic heterocycles. The van der Waals surface area contributed by atoms with Crippen LogP contribution in [-0.2, 0) is 10.8 Å². The van der Waals surface area contributed by atoms with Crippen molar-refractivity contribution >= 4 is 22.4 Å². The molecule has 1 aromatic heterocycles. The smallest absolute Gasteiger partial charge is 0.144 e. The van der Waals surface area contributed by atoms with Crippen molar-refractivity contribution in [1.29, 1.82) is 0 Å². The van der Waals surface area contributed by atoms with E-state index in [2.05, 4.69) is 36.2 Å². The predicted octanol–water partition coefficient (Wildman–Crippen LogP) is 5.02. The summed E-state index contributed by atoms with van der Waals surface area (Å²) in [7, 11) is -1.05. The highest BCUT2D eigenvalue weighted by molar-refractivity contribution is 7.85. The third-order valence-corrected chi connectivity index (χ3v) is 5.83. The molecule has 24 heavy (non-hydrogen) atoms. The number of rotatable bonds is 5. The summed E-state index contributed by atoms with van der Waals surface area (Å²) in [5.41, 5.74) is 3.16. The lowest BCUT2D eigenvalue weighted by Crippen LogP contribution is -1.99. The van der Waals surface area contributed by atoms with Gasteiger partial charge in [0.1, 0.15) is 5.82 Å². The Bertz CT molecular complexity index is 871. The van der Waals surface area contributed by atoms with E-state index in [-0.39, 0.29) is 0 Å². The minimum Gasteiger partial charge on any atom is -0.300 e. The van der Waals surface area contributed by atoms with Crippen molar-refractivity contribution in [2.24, 2.45) is 0 Å². The minimum absolute atomic E-state index is 0.526. The van der Waals surface area contributed by atoms with Gasteiger partial charge >= 0.3 is 0 Å². The highest BCUT2D eigenvalue weighted by atomic mass is 35.5. The van der Waals surface area contributed by atoms with Crippen LogP contribution in [0.3, 0.4) is 0 Å². The Hall–Kier alpha value is -1.91. The van der Waals surface area contributed by atoms with Gasteiger partial charge in [0.25, 0.3) is 0 Å². The number of halogens is 1. The molecule has 0 spiro atoms. The number of hydrogen-bond donors (Lipinski definition) is 0. The lowest BCUT2D eigenvalue weighted by atomic mass is 10.2. The summed E-state index contributed by atoms with van der Waals surface area (Å²) in [6.07, 6.45) is 4.56. The molecule has 0 bridgehead atoms. The number of hydrogen-bond acceptors (Lipinski definition) is 2. The molecule has 1 atom stereocenters. The Balaban J connectivity index is 1.99. The first-order valence-electron chi connectivity index (χ1n) is 7.89. The highest BCUT2D eigenvalue weighted by Gasteiger charge is 2.13. The van der Waals surface area contributed by atoms with E-state index in [1.165, 1.54) is 5.56 Å². The van der Waals surface area contributed by atoms with E-state index in [1.54, 1.807) is 6.20 Å². The fraction of sp³-hybridized carbons (Fsp3) is 0.211. The van der Waals surface area contributed by atoms with Crippen LogP contribution in [0.1, 0.15) is 18.9 Å². The molecular formula is C19H19ClN2OS. The van der Waals surface area contributed by atoms with Crippen LogP contribution in [0, 0.1) is 6.92 Å². The molecule has 3 rings (SSSR count). The van der Waals surface area contributed by atoms with Crippen LogP contribution in [0.2, 0.25) is 5.02 Å². The molecule has 0 saturated carbocycles. The number of imidazole rings is 1. The van der Waals surface area contributed by atoms with Gasteiger partial charge in [-0.25, -0.2) is 4.98 Å². The first-order valence-corrected chi connectivity index (χ1v) is 9.58. The third kappa shape index (κ3) is 3.45. The Morgan fingerprint density at radius 3 is 2.58 bits per heavy atom. The second kappa shape index (κ2) is 7.32. The number of benzene rings is 2. The zero-order valence-corrected chi connectivity index (χ0v) is 15.3. The standard InChI is InChI=1S/C19H19ClN2OS/c1-3-12-24(23)18-9-6-15(13-17(18)20)19-21-10-11-22(19)16-7-4-14(2)5-8-16/h4-11,13H,3,12H2,1-2H3. The topological polar surface area (TPSA) is 34.9 Å². The molecule has 0 amide bonds. The third-order valence-electron chi connectivity index (χ3n) is 3.78. The first kappa shape index (κ1) is 16.9. The van der Waals surface area contributed by atoms with Crippen LogP contribution >= 0.6 is 11.6 Å². The van der Waals surface area contributed by atoms with Crippen LogP contribution in [0.15, 0.2) is 59.8 Å². The van der Waals surface area contributed by atoms with Crippen molar-refractivity contribution in [3.8, 4) is 17.1 Å². The lowest BCUT2D eigenvalue weighted by molar-refractivity contribution is 0.682. The Labute approximate surface area is 149 Å². The van der Waals surface area contributed by atoms with Crippen LogP contribution in [-0.4, -0.2) is 19.5 Å². The van der Waals surface area contributed by atoms with E-state index in [0.29, 0.717) is 15.7 Å². The molecule has 1 heterocycles. The average molecular weight is 359 g/mol. The number of aromatic nitrogens is 2. The molecule has 0 fully saturated rings. The molecule has 0 saturated heterocycles. The molecule has 1 unspecified atom stereocenters. The molecule has 0 aliphatic rings. The first-order chi connectivity index (χ1) is 11.6. The summed E-state index contributed by atoms with van der Waals surface area (Å²) in [5, 5.41) is 0.526. The molecule has 0 N–H and O–H groups in total. The quantitative estimate of drug-likeness (QED) is 0.642. The molecular weight excluding hydrogens is 340 g/mol. The van der Waals surface area contributed by atoms with Crippen LogP contribution in [0.4, 0.5) is 0 Å². The minimum atomic E-state index is -1.05. The van der Waals surface area contributed by atoms with E-state index in [9.17, 15) is 4.21 Å². The van der Waals surface area contributed by atoms with Crippen LogP contribution in [0.5, 0.6) is 0 Å². The SMILES string of the molecule is CCCS(=O)c1ccc(-c2nccn2-c2ccc(C)cc2)cc1Cl. The van der Waals surface area contributed by atoms with E-state index >= 15 is 0 Å². The molecule has 0 aliphatic carbocycles. The van der Waals surface area contributed by atoms with Gasteiger partial charge < -0.3 is 0 Å². The molecule has 0 radical (unpaired) electrons. The molecule has 124 valence electrons. The zero-order valence-electron chi connectivity index (χ0n) is 13.7. The monoisotopic (exact) mass is 358 g/mol. The van der Waals surface area contributed by atoms with Gasteiger partial charge in [-0.15, -0.1) is 0 Å². The largest absolute Gasteiger partial charge is 0.300 e. The van der Waals surface area contributed by atoms with E-state index in [1.807, 2.05) is 35.9 Å². The predicted molar refractivity (Wildman–Crippen MR) is 100 cm³/mol. The van der Waals surface area contributed by atoms with Crippen molar-refractivity contribution in [3.63, 3.8) is 0 Å². The van der Waals surface area contributed by atoms with E-state index < -0.39 is 10.8 Å². The van der Waals surface area contributed by atoms with E-state index in [4.69, 9.17) is 11.6 Å². The highest BCUT2D eigenvalue weighted by Crippen LogP contribution is 2.28. The van der Waals surface area contributed by atoms with Gasteiger partial charge in [-0.2, -0.15) is 0 Å². The van der Waals surface area contributed by atoms with Gasteiger partial charge in [0.05, 0.1) is 20.7 Å². The van der Waals surface area contributed by atoms with E-state index in [0.717, 1.165) is 23.5 Å². The van der Waals surface area contributed by atoms with Gasteiger partial charge in [-0.1, -0.05) is 36.2 Å². The summed E-state index contributed by atoms with van der Waals surface area (Å²) >= 11 is 6.37. The maximum Gasteiger partial charge on any atom is 0.144 e. The van der Waals surface area contributed by atoms with Crippen LogP contribution in [0.25, 0.3) is 17.1 Å². The Kier molecular flexibility index (Phi) is 5.17. The maximum absolute atomic E-state index is 12.2. The molecule has 3 aromatic rings. The Morgan fingerprint density at radius 1 is 1.17 bits per heavy atom. The van der Waals surface area contributed by atoms with Crippen molar-refractivity contribution in [3.05, 3.63) is 65.4 Å². The molecule has 3 nitrogen and oxygen atoms in total. The second-order valence-corrected chi connectivity index (χ2v) is 7.60. The second-order valence-electron chi connectivity index (χ2n) is 5.65. The fourth-order valence-electron chi connectivity index (χ4n) is 2.55. The summed E-state index contributed by atoms with van der Waals surface area (Å²) in [6, 6.07) is 13.9. The van der Waals surface area contributed by atoms with Crippen LogP contribution < -0.4 is 0 Å². The van der Waals surface area contributed by atoms with Gasteiger partial charge in [-0.05, 0) is 43.7 Å². The summed E-state index contributed by atoms with van der Waals surface area (Å²) < 4.78 is 14.2. The normalized spacial score (nSPS) is 12.3. The molecule has 2 aromatic carbocycles. The van der Waals surface area contributed by atoms with Gasteiger partial charge in [0.2, 0.25) is 0 Å². The Morgan fingerprint density at radius 2 is 1.92 bits per heavy atom. The van der Waals surface area contributed by atoms with Crippen molar-refractivity contribution in [1.82, 2.24) is 9.55 Å². The summed E-state index contributed by atoms with van der Waals surface area (Å²) in [4.78, 5) is 5.16. The van der Waals surface area contributed by atoms with Crippen molar-refractivity contribution in [2.75, 3.05) is 5.75 Å².